The minimum Gasteiger partial charge on any atom is -0.481 e. The van der Waals surface area contributed by atoms with E-state index in [1.807, 2.05) is 13.0 Å². The maximum atomic E-state index is 13.7. The number of nitrogens with one attached hydrogen (secondary N) is 2. The van der Waals surface area contributed by atoms with E-state index in [-0.39, 0.29) is 23.8 Å². The monoisotopic (exact) mass is 332 g/mol. The summed E-state index contributed by atoms with van der Waals surface area (Å²) in [5, 5.41) is 9.96. The highest BCUT2D eigenvalue weighted by molar-refractivity contribution is 5.75. The van der Waals surface area contributed by atoms with Crippen LogP contribution < -0.4 is 15.4 Å². The van der Waals surface area contributed by atoms with E-state index in [4.69, 9.17) is 4.74 Å². The van der Waals surface area contributed by atoms with E-state index in [0.29, 0.717) is 18.0 Å². The molecule has 0 spiro atoms. The van der Waals surface area contributed by atoms with Crippen molar-refractivity contribution in [1.29, 1.82) is 0 Å². The molecule has 6 nitrogen and oxygen atoms in total. The highest BCUT2D eigenvalue weighted by Gasteiger charge is 2.40. The van der Waals surface area contributed by atoms with E-state index in [2.05, 4.69) is 15.7 Å². The molecule has 7 heteroatoms. The summed E-state index contributed by atoms with van der Waals surface area (Å²) in [7, 11) is 3.36. The van der Waals surface area contributed by atoms with Gasteiger partial charge in [0.15, 0.2) is 0 Å². The number of aryl methyl sites for hydroxylation is 2. The second-order valence-electron chi connectivity index (χ2n) is 5.99. The minimum atomic E-state index is -0.274. The van der Waals surface area contributed by atoms with Gasteiger partial charge in [0.25, 0.3) is 0 Å². The van der Waals surface area contributed by atoms with E-state index < -0.39 is 0 Å². The van der Waals surface area contributed by atoms with E-state index in [1.54, 1.807) is 31.0 Å². The Balaban J connectivity index is 1.54. The average molecular weight is 332 g/mol. The molecule has 0 saturated heterocycles. The molecule has 1 heterocycles. The molecule has 0 aliphatic heterocycles. The third kappa shape index (κ3) is 3.20. The molecule has 1 saturated carbocycles. The van der Waals surface area contributed by atoms with Crippen LogP contribution in [0.1, 0.15) is 29.2 Å². The molecule has 2 aromatic rings. The van der Waals surface area contributed by atoms with Crippen LogP contribution in [0.25, 0.3) is 0 Å². The van der Waals surface area contributed by atoms with Crippen LogP contribution in [0.15, 0.2) is 24.3 Å². The summed E-state index contributed by atoms with van der Waals surface area (Å²) in [5.74, 6) is 0.456. The highest BCUT2D eigenvalue weighted by atomic mass is 19.1. The first-order chi connectivity index (χ1) is 11.5. The zero-order chi connectivity index (χ0) is 17.3. The van der Waals surface area contributed by atoms with E-state index >= 15 is 0 Å². The van der Waals surface area contributed by atoms with Gasteiger partial charge in [-0.3, -0.25) is 0 Å². The first-order valence-corrected chi connectivity index (χ1v) is 7.86. The molecule has 1 aromatic carbocycles. The fraction of sp³-hybridized carbons (Fsp3) is 0.412. The Bertz CT molecular complexity index is 759. The van der Waals surface area contributed by atoms with Crippen molar-refractivity contribution in [2.75, 3.05) is 7.11 Å². The van der Waals surface area contributed by atoms with Crippen LogP contribution in [0, 0.1) is 12.7 Å². The Kier molecular flexibility index (Phi) is 4.42. The number of rotatable bonds is 5. The van der Waals surface area contributed by atoms with E-state index in [0.717, 1.165) is 17.7 Å². The predicted octanol–water partition coefficient (Wildman–Crippen LogP) is 2.23. The number of methoxy groups -OCH3 is 1. The van der Waals surface area contributed by atoms with Crippen molar-refractivity contribution in [2.45, 2.75) is 31.8 Å². The Morgan fingerprint density at radius 2 is 2.21 bits per heavy atom. The van der Waals surface area contributed by atoms with Gasteiger partial charge in [-0.05, 0) is 25.0 Å². The number of halogens is 1. The molecule has 2 N–H and O–H groups in total. The van der Waals surface area contributed by atoms with Crippen LogP contribution in [-0.2, 0) is 13.6 Å². The molecule has 2 unspecified atom stereocenters. The summed E-state index contributed by atoms with van der Waals surface area (Å²) >= 11 is 0. The van der Waals surface area contributed by atoms with Crippen LogP contribution in [0.5, 0.6) is 5.88 Å². The van der Waals surface area contributed by atoms with Crippen molar-refractivity contribution < 1.29 is 13.9 Å². The lowest BCUT2D eigenvalue weighted by molar-refractivity contribution is 0.239. The zero-order valence-corrected chi connectivity index (χ0v) is 14.0. The van der Waals surface area contributed by atoms with Crippen molar-refractivity contribution in [3.8, 4) is 5.88 Å². The molecule has 3 rings (SSSR count). The molecule has 1 aliphatic carbocycles. The third-order valence-electron chi connectivity index (χ3n) is 4.32. The average Bonchev–Trinajstić information content (AvgIpc) is 3.23. The number of hydrogen-bond donors (Lipinski definition) is 2. The number of carbonyl (C=O) groups is 1. The van der Waals surface area contributed by atoms with Crippen LogP contribution in [0.2, 0.25) is 0 Å². The van der Waals surface area contributed by atoms with Gasteiger partial charge >= 0.3 is 6.03 Å². The van der Waals surface area contributed by atoms with Crippen LogP contribution >= 0.6 is 0 Å². The number of benzene rings is 1. The quantitative estimate of drug-likeness (QED) is 0.882. The van der Waals surface area contributed by atoms with E-state index in [1.165, 1.54) is 6.07 Å². The standard InChI is InChI=1S/C17H21FN4O2/c1-10-13(16(24-3)22(2)21-10)9-19-17(23)20-15-8-12(15)11-6-4-5-7-14(11)18/h4-7,12,15H,8-9H2,1-3H3,(H2,19,20,23). The minimum absolute atomic E-state index is 0.0289. The summed E-state index contributed by atoms with van der Waals surface area (Å²) in [6, 6.07) is 6.39. The first-order valence-electron chi connectivity index (χ1n) is 7.86. The molecule has 1 aliphatic rings. The van der Waals surface area contributed by atoms with Crippen LogP contribution in [0.4, 0.5) is 9.18 Å². The van der Waals surface area contributed by atoms with Gasteiger partial charge in [-0.25, -0.2) is 13.9 Å². The highest BCUT2D eigenvalue weighted by Crippen LogP contribution is 2.41. The van der Waals surface area contributed by atoms with Crippen molar-refractivity contribution in [2.24, 2.45) is 7.05 Å². The summed E-state index contributed by atoms with van der Waals surface area (Å²) in [4.78, 5) is 12.1. The number of aromatic nitrogens is 2. The molecular weight excluding hydrogens is 311 g/mol. The number of hydrogen-bond acceptors (Lipinski definition) is 3. The van der Waals surface area contributed by atoms with Crippen molar-refractivity contribution in [1.82, 2.24) is 20.4 Å². The molecule has 2 amide bonds. The molecule has 128 valence electrons. The number of carbonyl (C=O) groups excluding carboxylic acids is 1. The number of ether oxygens (including phenoxy) is 1. The van der Waals surface area contributed by atoms with Crippen LogP contribution in [-0.4, -0.2) is 29.0 Å². The van der Waals surface area contributed by atoms with Gasteiger partial charge in [0.1, 0.15) is 5.82 Å². The lowest BCUT2D eigenvalue weighted by Gasteiger charge is -2.09. The summed E-state index contributed by atoms with van der Waals surface area (Å²) < 4.78 is 20.7. The summed E-state index contributed by atoms with van der Waals surface area (Å²) in [6.07, 6.45) is 0.754. The molecule has 0 radical (unpaired) electrons. The second-order valence-corrected chi connectivity index (χ2v) is 5.99. The van der Waals surface area contributed by atoms with Gasteiger partial charge in [-0.15, -0.1) is 0 Å². The van der Waals surface area contributed by atoms with Gasteiger partial charge in [-0.1, -0.05) is 18.2 Å². The maximum Gasteiger partial charge on any atom is 0.315 e. The first kappa shape index (κ1) is 16.3. The fourth-order valence-corrected chi connectivity index (χ4v) is 3.00. The lowest BCUT2D eigenvalue weighted by Crippen LogP contribution is -2.37. The molecular formula is C17H21FN4O2. The summed E-state index contributed by atoms with van der Waals surface area (Å²) in [5.41, 5.74) is 2.31. The van der Waals surface area contributed by atoms with Crippen LogP contribution in [0.3, 0.4) is 0 Å². The molecule has 1 aromatic heterocycles. The summed E-state index contributed by atoms with van der Waals surface area (Å²) in [6.45, 7) is 2.19. The topological polar surface area (TPSA) is 68.2 Å². The lowest BCUT2D eigenvalue weighted by atomic mass is 10.1. The SMILES string of the molecule is COc1c(CNC(=O)NC2CC2c2ccccc2F)c(C)nn1C. The Morgan fingerprint density at radius 3 is 2.92 bits per heavy atom. The number of amides is 2. The number of nitrogens with zero attached hydrogens (tertiary/aromatic N) is 2. The predicted molar refractivity (Wildman–Crippen MR) is 87.4 cm³/mol. The normalized spacial score (nSPS) is 19.0. The van der Waals surface area contributed by atoms with Gasteiger partial charge in [-0.2, -0.15) is 5.10 Å². The molecule has 24 heavy (non-hydrogen) atoms. The zero-order valence-electron chi connectivity index (χ0n) is 14.0. The largest absolute Gasteiger partial charge is 0.481 e. The molecule has 2 atom stereocenters. The van der Waals surface area contributed by atoms with Gasteiger partial charge < -0.3 is 15.4 Å². The van der Waals surface area contributed by atoms with Gasteiger partial charge in [0.05, 0.1) is 24.9 Å². The van der Waals surface area contributed by atoms with Gasteiger partial charge in [0.2, 0.25) is 5.88 Å². The molecule has 1 fully saturated rings. The van der Waals surface area contributed by atoms with E-state index in [9.17, 15) is 9.18 Å². The van der Waals surface area contributed by atoms with Crippen molar-refractivity contribution in [3.05, 3.63) is 46.9 Å². The Morgan fingerprint density at radius 1 is 1.46 bits per heavy atom. The maximum absolute atomic E-state index is 13.7. The smallest absolute Gasteiger partial charge is 0.315 e. The van der Waals surface area contributed by atoms with Crippen molar-refractivity contribution in [3.63, 3.8) is 0 Å². The second kappa shape index (κ2) is 6.51. The third-order valence-corrected chi connectivity index (χ3v) is 4.32. The Hall–Kier alpha value is -2.57. The number of urea groups is 1. The fourth-order valence-electron chi connectivity index (χ4n) is 3.00. The molecule has 0 bridgehead atoms. The van der Waals surface area contributed by atoms with Gasteiger partial charge in [0, 0.05) is 19.0 Å². The Labute approximate surface area is 140 Å². The van der Waals surface area contributed by atoms with Crippen molar-refractivity contribution >= 4 is 6.03 Å².